The van der Waals surface area contributed by atoms with E-state index in [1.807, 2.05) is 0 Å². The molecule has 0 saturated carbocycles. The summed E-state index contributed by atoms with van der Waals surface area (Å²) in [6, 6.07) is 17.6. The van der Waals surface area contributed by atoms with Gasteiger partial charge in [-0.1, -0.05) is 62.4 Å². The maximum absolute atomic E-state index is 2.30. The zero-order valence-electron chi connectivity index (χ0n) is 11.6. The second-order valence-corrected chi connectivity index (χ2v) is 4.87. The van der Waals surface area contributed by atoms with E-state index in [0.29, 0.717) is 5.92 Å². The van der Waals surface area contributed by atoms with Crippen LogP contribution in [0.25, 0.3) is 0 Å². The molecule has 0 fully saturated rings. The third-order valence-electron chi connectivity index (χ3n) is 3.79. The van der Waals surface area contributed by atoms with Crippen LogP contribution in [0.15, 0.2) is 48.5 Å². The van der Waals surface area contributed by atoms with Crippen LogP contribution in [0.1, 0.15) is 48.4 Å². The molecule has 0 aliphatic carbocycles. The lowest BCUT2D eigenvalue weighted by molar-refractivity contribution is 0.763. The van der Waals surface area contributed by atoms with E-state index in [2.05, 4.69) is 69.3 Å². The first-order valence-electron chi connectivity index (χ1n) is 6.91. The third kappa shape index (κ3) is 2.48. The average molecular weight is 238 g/mol. The van der Waals surface area contributed by atoms with Crippen LogP contribution in [0.5, 0.6) is 0 Å². The highest BCUT2D eigenvalue weighted by atomic mass is 14.2. The van der Waals surface area contributed by atoms with Gasteiger partial charge in [-0.3, -0.25) is 0 Å². The van der Waals surface area contributed by atoms with Crippen LogP contribution >= 0.6 is 0 Å². The highest BCUT2D eigenvalue weighted by Gasteiger charge is 2.15. The van der Waals surface area contributed by atoms with Gasteiger partial charge in [-0.15, -0.1) is 0 Å². The zero-order chi connectivity index (χ0) is 13.0. The minimum absolute atomic E-state index is 0.529. The lowest BCUT2D eigenvalue weighted by Gasteiger charge is -2.20. The summed E-state index contributed by atoms with van der Waals surface area (Å²) in [4.78, 5) is 0. The molecule has 1 unspecified atom stereocenters. The van der Waals surface area contributed by atoms with Crippen LogP contribution in [0.4, 0.5) is 0 Å². The molecule has 0 heterocycles. The van der Waals surface area contributed by atoms with Gasteiger partial charge >= 0.3 is 0 Å². The fourth-order valence-corrected chi connectivity index (χ4v) is 2.85. The van der Waals surface area contributed by atoms with Crippen molar-refractivity contribution in [2.45, 2.75) is 39.5 Å². The summed E-state index contributed by atoms with van der Waals surface area (Å²) >= 11 is 0. The highest BCUT2D eigenvalue weighted by Crippen LogP contribution is 2.31. The molecular weight excluding hydrogens is 216 g/mol. The van der Waals surface area contributed by atoms with Crippen molar-refractivity contribution in [3.8, 4) is 0 Å². The van der Waals surface area contributed by atoms with Crippen LogP contribution in [0, 0.1) is 6.92 Å². The van der Waals surface area contributed by atoms with Crippen LogP contribution in [0.3, 0.4) is 0 Å². The van der Waals surface area contributed by atoms with Gasteiger partial charge in [-0.2, -0.15) is 0 Å². The monoisotopic (exact) mass is 238 g/mol. The first kappa shape index (κ1) is 12.9. The van der Waals surface area contributed by atoms with Crippen LogP contribution in [-0.4, -0.2) is 0 Å². The Balaban J connectivity index is 2.49. The molecule has 1 atom stereocenters. The van der Waals surface area contributed by atoms with Crippen LogP contribution in [0.2, 0.25) is 0 Å². The average Bonchev–Trinajstić information content (AvgIpc) is 2.41. The van der Waals surface area contributed by atoms with E-state index in [1.54, 1.807) is 0 Å². The van der Waals surface area contributed by atoms with Gasteiger partial charge in [0.1, 0.15) is 0 Å². The molecule has 0 aromatic heterocycles. The second kappa shape index (κ2) is 5.86. The molecule has 0 spiro atoms. The lowest BCUT2D eigenvalue weighted by atomic mass is 9.84. The number of rotatable bonds is 4. The molecule has 2 aromatic rings. The summed E-state index contributed by atoms with van der Waals surface area (Å²) in [6.45, 7) is 6.75. The summed E-state index contributed by atoms with van der Waals surface area (Å²) < 4.78 is 0. The second-order valence-electron chi connectivity index (χ2n) is 4.87. The highest BCUT2D eigenvalue weighted by molar-refractivity contribution is 5.41. The molecule has 0 N–H and O–H groups in total. The predicted molar refractivity (Wildman–Crippen MR) is 79.1 cm³/mol. The quantitative estimate of drug-likeness (QED) is 0.695. The Labute approximate surface area is 111 Å². The molecule has 0 radical (unpaired) electrons. The fraction of sp³-hybridized carbons (Fsp3) is 0.333. The summed E-state index contributed by atoms with van der Waals surface area (Å²) in [5, 5.41) is 0. The van der Waals surface area contributed by atoms with Crippen molar-refractivity contribution in [3.63, 3.8) is 0 Å². The molecular formula is C18H22. The smallest absolute Gasteiger partial charge is 0.00895 e. The molecule has 0 aliphatic heterocycles. The van der Waals surface area contributed by atoms with Gasteiger partial charge in [0, 0.05) is 5.92 Å². The van der Waals surface area contributed by atoms with Gasteiger partial charge in [0.2, 0.25) is 0 Å². The van der Waals surface area contributed by atoms with Crippen molar-refractivity contribution < 1.29 is 0 Å². The molecule has 0 amide bonds. The molecule has 0 nitrogen and oxygen atoms in total. The van der Waals surface area contributed by atoms with Gasteiger partial charge in [0.25, 0.3) is 0 Å². The molecule has 0 bridgehead atoms. The van der Waals surface area contributed by atoms with Gasteiger partial charge in [-0.25, -0.2) is 0 Å². The number of benzene rings is 2. The Morgan fingerprint density at radius 1 is 0.889 bits per heavy atom. The van der Waals surface area contributed by atoms with E-state index in [0.717, 1.165) is 12.8 Å². The predicted octanol–water partition coefficient (Wildman–Crippen LogP) is 5.10. The van der Waals surface area contributed by atoms with Gasteiger partial charge < -0.3 is 0 Å². The minimum Gasteiger partial charge on any atom is -0.0645 e. The van der Waals surface area contributed by atoms with E-state index in [9.17, 15) is 0 Å². The SMILES string of the molecule is CCc1c(C)cccc1C(CC)c1ccccc1. The fourth-order valence-electron chi connectivity index (χ4n) is 2.85. The molecule has 18 heavy (non-hydrogen) atoms. The molecule has 0 aliphatic rings. The van der Waals surface area contributed by atoms with Crippen molar-refractivity contribution in [3.05, 3.63) is 70.8 Å². The zero-order valence-corrected chi connectivity index (χ0v) is 11.6. The summed E-state index contributed by atoms with van der Waals surface area (Å²) in [6.07, 6.45) is 2.27. The van der Waals surface area contributed by atoms with Gasteiger partial charge in [0.15, 0.2) is 0 Å². The normalized spacial score (nSPS) is 12.4. The molecule has 0 heteroatoms. The Morgan fingerprint density at radius 2 is 1.61 bits per heavy atom. The van der Waals surface area contributed by atoms with Crippen molar-refractivity contribution >= 4 is 0 Å². The number of aryl methyl sites for hydroxylation is 1. The van der Waals surface area contributed by atoms with Crippen molar-refractivity contribution in [2.24, 2.45) is 0 Å². The number of hydrogen-bond donors (Lipinski definition) is 0. The standard InChI is InChI=1S/C18H22/c1-4-16-14(3)10-9-13-18(16)17(5-2)15-11-7-6-8-12-15/h6-13,17H,4-5H2,1-3H3. The Morgan fingerprint density at radius 3 is 2.22 bits per heavy atom. The number of hydrogen-bond acceptors (Lipinski definition) is 0. The van der Waals surface area contributed by atoms with E-state index in [1.165, 1.54) is 22.3 Å². The maximum atomic E-state index is 2.30. The van der Waals surface area contributed by atoms with E-state index in [-0.39, 0.29) is 0 Å². The Kier molecular flexibility index (Phi) is 4.19. The largest absolute Gasteiger partial charge is 0.0645 e. The Bertz CT molecular complexity index is 497. The van der Waals surface area contributed by atoms with Gasteiger partial charge in [0.05, 0.1) is 0 Å². The van der Waals surface area contributed by atoms with Crippen LogP contribution in [-0.2, 0) is 6.42 Å². The van der Waals surface area contributed by atoms with E-state index < -0.39 is 0 Å². The summed E-state index contributed by atoms with van der Waals surface area (Å²) in [5.74, 6) is 0.529. The summed E-state index contributed by atoms with van der Waals surface area (Å²) in [7, 11) is 0. The molecule has 0 saturated heterocycles. The minimum atomic E-state index is 0.529. The van der Waals surface area contributed by atoms with Crippen molar-refractivity contribution in [1.29, 1.82) is 0 Å². The maximum Gasteiger partial charge on any atom is 0.00895 e. The van der Waals surface area contributed by atoms with Crippen LogP contribution < -0.4 is 0 Å². The lowest BCUT2D eigenvalue weighted by Crippen LogP contribution is -2.04. The van der Waals surface area contributed by atoms with E-state index >= 15 is 0 Å². The van der Waals surface area contributed by atoms with E-state index in [4.69, 9.17) is 0 Å². The molecule has 94 valence electrons. The first-order valence-corrected chi connectivity index (χ1v) is 6.91. The third-order valence-corrected chi connectivity index (χ3v) is 3.79. The van der Waals surface area contributed by atoms with Crippen molar-refractivity contribution in [2.75, 3.05) is 0 Å². The first-order chi connectivity index (χ1) is 8.77. The Hall–Kier alpha value is -1.56. The molecule has 2 rings (SSSR count). The van der Waals surface area contributed by atoms with Gasteiger partial charge in [-0.05, 0) is 42.0 Å². The van der Waals surface area contributed by atoms with Crippen molar-refractivity contribution in [1.82, 2.24) is 0 Å². The molecule has 2 aromatic carbocycles. The topological polar surface area (TPSA) is 0 Å². The summed E-state index contributed by atoms with van der Waals surface area (Å²) in [5.41, 5.74) is 5.88.